The van der Waals surface area contributed by atoms with Gasteiger partial charge >= 0.3 is 0 Å². The van der Waals surface area contributed by atoms with Crippen molar-refractivity contribution in [2.45, 2.75) is 30.2 Å². The molecule has 2 aromatic carbocycles. The van der Waals surface area contributed by atoms with Crippen LogP contribution in [0.15, 0.2) is 47.4 Å². The zero-order valence-electron chi connectivity index (χ0n) is 17.2. The first-order valence-corrected chi connectivity index (χ1v) is 11.5. The maximum atomic E-state index is 13.3. The minimum atomic E-state index is -3.60. The molecule has 0 spiro atoms. The molecule has 2 aliphatic heterocycles. The van der Waals surface area contributed by atoms with Crippen molar-refractivity contribution < 1.29 is 22.7 Å². The Morgan fingerprint density at radius 1 is 1.03 bits per heavy atom. The lowest BCUT2D eigenvalue weighted by Crippen LogP contribution is -2.31. The van der Waals surface area contributed by atoms with Crippen LogP contribution < -0.4 is 9.47 Å². The van der Waals surface area contributed by atoms with Crippen molar-refractivity contribution in [2.24, 2.45) is 0 Å². The van der Waals surface area contributed by atoms with E-state index in [4.69, 9.17) is 9.47 Å². The van der Waals surface area contributed by atoms with Crippen molar-refractivity contribution in [3.05, 3.63) is 53.6 Å². The number of hydrogen-bond donors (Lipinski definition) is 0. The van der Waals surface area contributed by atoms with Crippen LogP contribution in [0.5, 0.6) is 11.5 Å². The molecule has 2 aliphatic rings. The highest BCUT2D eigenvalue weighted by Crippen LogP contribution is 2.38. The number of carbonyl (C=O) groups is 1. The van der Waals surface area contributed by atoms with Gasteiger partial charge in [-0.05, 0) is 48.7 Å². The molecule has 1 atom stereocenters. The van der Waals surface area contributed by atoms with Crippen molar-refractivity contribution in [1.82, 2.24) is 9.21 Å². The van der Waals surface area contributed by atoms with Crippen LogP contribution in [0.1, 0.15) is 41.2 Å². The van der Waals surface area contributed by atoms with Crippen molar-refractivity contribution in [2.75, 3.05) is 33.9 Å². The Hall–Kier alpha value is -2.58. The second kappa shape index (κ2) is 8.28. The van der Waals surface area contributed by atoms with Crippen molar-refractivity contribution in [1.29, 1.82) is 0 Å². The smallest absolute Gasteiger partial charge is 0.254 e. The summed E-state index contributed by atoms with van der Waals surface area (Å²) >= 11 is 0. The van der Waals surface area contributed by atoms with Gasteiger partial charge in [0.2, 0.25) is 10.0 Å². The standard InChI is InChI=1S/C22H26N2O5S/c1-23(2)30(26,27)18-7-3-6-17(14-18)22(25)24-11-4-8-19(24)16-9-10-20-21(15-16)29-13-5-12-28-20/h3,6-7,9-10,14-15,19H,4-5,8,11-13H2,1-2H3/t19-/m0/s1. The first-order chi connectivity index (χ1) is 14.4. The fourth-order valence-electron chi connectivity index (χ4n) is 3.91. The molecule has 1 amide bonds. The van der Waals surface area contributed by atoms with Gasteiger partial charge < -0.3 is 14.4 Å². The molecule has 0 N–H and O–H groups in total. The van der Waals surface area contributed by atoms with Gasteiger partial charge in [-0.2, -0.15) is 0 Å². The molecule has 0 saturated carbocycles. The van der Waals surface area contributed by atoms with E-state index >= 15 is 0 Å². The fourth-order valence-corrected chi connectivity index (χ4v) is 4.86. The van der Waals surface area contributed by atoms with E-state index < -0.39 is 10.0 Å². The average molecular weight is 431 g/mol. The largest absolute Gasteiger partial charge is 0.490 e. The minimum absolute atomic E-state index is 0.0798. The highest BCUT2D eigenvalue weighted by molar-refractivity contribution is 7.89. The average Bonchev–Trinajstić information content (AvgIpc) is 3.11. The highest BCUT2D eigenvalue weighted by Gasteiger charge is 2.32. The van der Waals surface area contributed by atoms with Crippen LogP contribution in [0.2, 0.25) is 0 Å². The highest BCUT2D eigenvalue weighted by atomic mass is 32.2. The molecule has 1 fully saturated rings. The van der Waals surface area contributed by atoms with Gasteiger partial charge in [0.25, 0.3) is 5.91 Å². The van der Waals surface area contributed by atoms with E-state index in [2.05, 4.69) is 0 Å². The number of rotatable bonds is 4. The third kappa shape index (κ3) is 3.89. The molecule has 2 aromatic rings. The van der Waals surface area contributed by atoms with Gasteiger partial charge in [0.1, 0.15) is 0 Å². The number of ether oxygens (including phenoxy) is 2. The van der Waals surface area contributed by atoms with Crippen LogP contribution in [-0.4, -0.2) is 57.4 Å². The van der Waals surface area contributed by atoms with E-state index in [-0.39, 0.29) is 16.8 Å². The lowest BCUT2D eigenvalue weighted by molar-refractivity contribution is 0.0735. The summed E-state index contributed by atoms with van der Waals surface area (Å²) in [5, 5.41) is 0. The Kier molecular flexibility index (Phi) is 5.71. The van der Waals surface area contributed by atoms with Crippen LogP contribution in [0.25, 0.3) is 0 Å². The maximum Gasteiger partial charge on any atom is 0.254 e. The SMILES string of the molecule is CN(C)S(=O)(=O)c1cccc(C(=O)N2CCC[C@H]2c2ccc3c(c2)OCCCO3)c1. The minimum Gasteiger partial charge on any atom is -0.490 e. The summed E-state index contributed by atoms with van der Waals surface area (Å²) < 4.78 is 37.6. The Balaban J connectivity index is 1.61. The predicted octanol–water partition coefficient (Wildman–Crippen LogP) is 3.08. The molecule has 1 saturated heterocycles. The van der Waals surface area contributed by atoms with Crippen molar-refractivity contribution in [3.63, 3.8) is 0 Å². The van der Waals surface area contributed by atoms with E-state index in [1.54, 1.807) is 12.1 Å². The number of carbonyl (C=O) groups excluding carboxylic acids is 1. The monoisotopic (exact) mass is 430 g/mol. The molecular formula is C22H26N2O5S. The summed E-state index contributed by atoms with van der Waals surface area (Å²) in [7, 11) is -0.650. The number of hydrogen-bond acceptors (Lipinski definition) is 5. The second-order valence-electron chi connectivity index (χ2n) is 7.73. The molecule has 160 valence electrons. The molecular weight excluding hydrogens is 404 g/mol. The van der Waals surface area contributed by atoms with Gasteiger partial charge in [-0.1, -0.05) is 12.1 Å². The fraction of sp³-hybridized carbons (Fsp3) is 0.409. The second-order valence-corrected chi connectivity index (χ2v) is 9.88. The van der Waals surface area contributed by atoms with Gasteiger partial charge in [-0.15, -0.1) is 0 Å². The molecule has 2 heterocycles. The van der Waals surface area contributed by atoms with Crippen molar-refractivity contribution in [3.8, 4) is 11.5 Å². The lowest BCUT2D eigenvalue weighted by Gasteiger charge is -2.26. The summed E-state index contributed by atoms with van der Waals surface area (Å²) in [5.74, 6) is 1.28. The molecule has 0 radical (unpaired) electrons. The van der Waals surface area contributed by atoms with Crippen LogP contribution >= 0.6 is 0 Å². The molecule has 0 aliphatic carbocycles. The van der Waals surface area contributed by atoms with Crippen LogP contribution in [-0.2, 0) is 10.0 Å². The first kappa shape index (κ1) is 20.7. The van der Waals surface area contributed by atoms with E-state index in [1.807, 2.05) is 23.1 Å². The normalized spacial score (nSPS) is 19.0. The number of likely N-dealkylation sites (tertiary alicyclic amines) is 1. The van der Waals surface area contributed by atoms with Gasteiger partial charge in [0, 0.05) is 32.6 Å². The van der Waals surface area contributed by atoms with Crippen molar-refractivity contribution >= 4 is 15.9 Å². The summed E-state index contributed by atoms with van der Waals surface area (Å²) in [5.41, 5.74) is 1.38. The quantitative estimate of drug-likeness (QED) is 0.745. The lowest BCUT2D eigenvalue weighted by atomic mass is 10.0. The maximum absolute atomic E-state index is 13.3. The van der Waals surface area contributed by atoms with Gasteiger partial charge in [-0.3, -0.25) is 4.79 Å². The third-order valence-electron chi connectivity index (χ3n) is 5.53. The summed E-state index contributed by atoms with van der Waals surface area (Å²) in [6.07, 6.45) is 2.58. The summed E-state index contributed by atoms with van der Waals surface area (Å²) in [6, 6.07) is 12.0. The number of amides is 1. The number of nitrogens with zero attached hydrogens (tertiary/aromatic N) is 2. The first-order valence-electron chi connectivity index (χ1n) is 10.1. The predicted molar refractivity (Wildman–Crippen MR) is 112 cm³/mol. The Bertz CT molecular complexity index is 1050. The third-order valence-corrected chi connectivity index (χ3v) is 7.34. The van der Waals surface area contributed by atoms with Gasteiger partial charge in [-0.25, -0.2) is 12.7 Å². The molecule has 30 heavy (non-hydrogen) atoms. The molecule has 0 bridgehead atoms. The van der Waals surface area contributed by atoms with E-state index in [0.717, 1.165) is 34.9 Å². The molecule has 0 unspecified atom stereocenters. The zero-order chi connectivity index (χ0) is 21.3. The van der Waals surface area contributed by atoms with Gasteiger partial charge in [0.05, 0.1) is 24.2 Å². The summed E-state index contributed by atoms with van der Waals surface area (Å²) in [4.78, 5) is 15.2. The molecule has 0 aromatic heterocycles. The number of benzene rings is 2. The topological polar surface area (TPSA) is 76.2 Å². The summed E-state index contributed by atoms with van der Waals surface area (Å²) in [6.45, 7) is 1.87. The Morgan fingerprint density at radius 3 is 2.57 bits per heavy atom. The number of fused-ring (bicyclic) bond motifs is 1. The Morgan fingerprint density at radius 2 is 1.80 bits per heavy atom. The van der Waals surface area contributed by atoms with E-state index in [0.29, 0.717) is 31.1 Å². The number of sulfonamides is 1. The van der Waals surface area contributed by atoms with E-state index in [1.165, 1.54) is 26.2 Å². The Labute approximate surface area is 177 Å². The van der Waals surface area contributed by atoms with Gasteiger partial charge in [0.15, 0.2) is 11.5 Å². The van der Waals surface area contributed by atoms with E-state index in [9.17, 15) is 13.2 Å². The molecule has 7 nitrogen and oxygen atoms in total. The zero-order valence-corrected chi connectivity index (χ0v) is 18.0. The van der Waals surface area contributed by atoms with Crippen LogP contribution in [0.4, 0.5) is 0 Å². The molecule has 8 heteroatoms. The van der Waals surface area contributed by atoms with Crippen LogP contribution in [0.3, 0.4) is 0 Å². The van der Waals surface area contributed by atoms with Crippen LogP contribution in [0, 0.1) is 0 Å². The molecule has 4 rings (SSSR count).